The summed E-state index contributed by atoms with van der Waals surface area (Å²) in [6, 6.07) is 9.03. The van der Waals surface area contributed by atoms with Gasteiger partial charge in [0.15, 0.2) is 11.5 Å². The Hall–Kier alpha value is -0.610. The van der Waals surface area contributed by atoms with Crippen LogP contribution in [0.4, 0.5) is 0 Å². The molecule has 0 fully saturated rings. The van der Waals surface area contributed by atoms with E-state index < -0.39 is 5.38 Å². The third-order valence-corrected chi connectivity index (χ3v) is 4.99. The second-order valence-corrected chi connectivity index (χ2v) is 6.62. The van der Waals surface area contributed by atoms with Gasteiger partial charge in [-0.3, -0.25) is 0 Å². The second-order valence-electron chi connectivity index (χ2n) is 4.52. The lowest BCUT2D eigenvalue weighted by atomic mass is 10.0. The smallest absolute Gasteiger partial charge is 0.162 e. The van der Waals surface area contributed by atoms with Gasteiger partial charge < -0.3 is 9.47 Å². The number of rotatable bonds is 2. The Kier molecular flexibility index (Phi) is 4.55. The molecule has 0 N–H and O–H groups in total. The van der Waals surface area contributed by atoms with Crippen molar-refractivity contribution < 1.29 is 9.47 Å². The lowest BCUT2D eigenvalue weighted by molar-refractivity contribution is 0.171. The average molecular weight is 409 g/mol. The van der Waals surface area contributed by atoms with Gasteiger partial charge in [-0.15, -0.1) is 11.6 Å². The summed E-state index contributed by atoms with van der Waals surface area (Å²) in [5, 5.41) is 0.574. The molecule has 6 heteroatoms. The van der Waals surface area contributed by atoms with Gasteiger partial charge in [0, 0.05) is 20.1 Å². The molecule has 0 aromatic heterocycles. The van der Waals surface area contributed by atoms with Crippen molar-refractivity contribution in [3.05, 3.63) is 56.0 Å². The van der Waals surface area contributed by atoms with E-state index in [1.54, 1.807) is 18.2 Å². The lowest BCUT2D eigenvalue weighted by Crippen LogP contribution is -2.15. The predicted octanol–water partition coefficient (Wildman–Crippen LogP) is 5.86. The monoisotopic (exact) mass is 406 g/mol. The molecule has 0 spiro atoms. The lowest BCUT2D eigenvalue weighted by Gasteiger charge is -2.22. The van der Waals surface area contributed by atoms with Crippen LogP contribution >= 0.6 is 50.7 Å². The van der Waals surface area contributed by atoms with Crippen LogP contribution in [0.25, 0.3) is 0 Å². The quantitative estimate of drug-likeness (QED) is 0.580. The summed E-state index contributed by atoms with van der Waals surface area (Å²) >= 11 is 22.6. The SMILES string of the molecule is Clc1cccc(Cl)c1C(Cl)c1cc2c(cc1Br)OCCO2. The number of fused-ring (bicyclic) bond motifs is 1. The number of hydrogen-bond donors (Lipinski definition) is 0. The van der Waals surface area contributed by atoms with E-state index in [4.69, 9.17) is 44.3 Å². The Bertz CT molecular complexity index is 671. The van der Waals surface area contributed by atoms with Crippen molar-refractivity contribution in [3.63, 3.8) is 0 Å². The van der Waals surface area contributed by atoms with Gasteiger partial charge >= 0.3 is 0 Å². The molecule has 1 aliphatic heterocycles. The van der Waals surface area contributed by atoms with Crippen LogP contribution < -0.4 is 9.47 Å². The van der Waals surface area contributed by atoms with Crippen LogP contribution in [-0.2, 0) is 0 Å². The van der Waals surface area contributed by atoms with Crippen LogP contribution in [0.3, 0.4) is 0 Å². The van der Waals surface area contributed by atoms with Gasteiger partial charge in [-0.2, -0.15) is 0 Å². The molecule has 21 heavy (non-hydrogen) atoms. The molecule has 1 heterocycles. The van der Waals surface area contributed by atoms with Gasteiger partial charge in [0.1, 0.15) is 13.2 Å². The predicted molar refractivity (Wildman–Crippen MR) is 89.3 cm³/mol. The Labute approximate surface area is 146 Å². The number of alkyl halides is 1. The summed E-state index contributed by atoms with van der Waals surface area (Å²) in [4.78, 5) is 0. The molecular formula is C15H10BrCl3O2. The van der Waals surface area contributed by atoms with Crippen molar-refractivity contribution in [1.82, 2.24) is 0 Å². The van der Waals surface area contributed by atoms with Crippen LogP contribution in [0, 0.1) is 0 Å². The Morgan fingerprint density at radius 3 is 2.19 bits per heavy atom. The van der Waals surface area contributed by atoms with E-state index in [9.17, 15) is 0 Å². The Morgan fingerprint density at radius 1 is 1.00 bits per heavy atom. The van der Waals surface area contributed by atoms with Crippen LogP contribution in [-0.4, -0.2) is 13.2 Å². The summed E-state index contributed by atoms with van der Waals surface area (Å²) in [6.45, 7) is 1.06. The second kappa shape index (κ2) is 6.25. The van der Waals surface area contributed by atoms with Crippen molar-refractivity contribution in [2.24, 2.45) is 0 Å². The van der Waals surface area contributed by atoms with Gasteiger partial charge in [0.25, 0.3) is 0 Å². The molecule has 1 aliphatic rings. The summed E-state index contributed by atoms with van der Waals surface area (Å²) in [5.74, 6) is 1.37. The number of ether oxygens (including phenoxy) is 2. The van der Waals surface area contributed by atoms with E-state index in [0.29, 0.717) is 40.3 Å². The minimum atomic E-state index is -0.489. The van der Waals surface area contributed by atoms with Crippen molar-refractivity contribution in [2.75, 3.05) is 13.2 Å². The average Bonchev–Trinajstić information content (AvgIpc) is 2.46. The maximum absolute atomic E-state index is 6.59. The zero-order chi connectivity index (χ0) is 15.0. The van der Waals surface area contributed by atoms with Gasteiger partial charge in [-0.25, -0.2) is 0 Å². The molecule has 0 amide bonds. The zero-order valence-corrected chi connectivity index (χ0v) is 14.6. The first-order chi connectivity index (χ1) is 10.1. The molecule has 2 aromatic carbocycles. The van der Waals surface area contributed by atoms with Gasteiger partial charge in [-0.1, -0.05) is 45.2 Å². The molecule has 3 rings (SSSR count). The standard InChI is InChI=1S/C15H10BrCl3O2/c16-9-7-13-12(20-4-5-21-13)6-8(9)15(19)14-10(17)2-1-3-11(14)18/h1-3,6-7,15H,4-5H2. The van der Waals surface area contributed by atoms with Crippen LogP contribution in [0.15, 0.2) is 34.8 Å². The largest absolute Gasteiger partial charge is 0.486 e. The summed E-state index contributed by atoms with van der Waals surface area (Å²) in [5.41, 5.74) is 1.51. The molecular weight excluding hydrogens is 398 g/mol. The molecule has 0 radical (unpaired) electrons. The fourth-order valence-electron chi connectivity index (χ4n) is 2.18. The zero-order valence-electron chi connectivity index (χ0n) is 10.7. The molecule has 0 aliphatic carbocycles. The van der Waals surface area contributed by atoms with Gasteiger partial charge in [-0.05, 0) is 29.8 Å². The van der Waals surface area contributed by atoms with E-state index in [1.165, 1.54) is 0 Å². The summed E-state index contributed by atoms with van der Waals surface area (Å²) in [6.07, 6.45) is 0. The fourth-order valence-corrected chi connectivity index (χ4v) is 4.01. The normalized spacial score (nSPS) is 14.9. The first-order valence-corrected chi connectivity index (χ1v) is 8.23. The molecule has 110 valence electrons. The van der Waals surface area contributed by atoms with E-state index >= 15 is 0 Å². The van der Waals surface area contributed by atoms with Gasteiger partial charge in [0.05, 0.1) is 5.38 Å². The molecule has 1 atom stereocenters. The number of halogens is 4. The highest BCUT2D eigenvalue weighted by atomic mass is 79.9. The van der Waals surface area contributed by atoms with Crippen LogP contribution in [0.1, 0.15) is 16.5 Å². The third-order valence-electron chi connectivity index (χ3n) is 3.19. The first kappa shape index (κ1) is 15.3. The molecule has 2 aromatic rings. The Morgan fingerprint density at radius 2 is 1.57 bits per heavy atom. The highest BCUT2D eigenvalue weighted by Gasteiger charge is 2.23. The van der Waals surface area contributed by atoms with Crippen molar-refractivity contribution in [2.45, 2.75) is 5.38 Å². The van der Waals surface area contributed by atoms with Crippen molar-refractivity contribution >= 4 is 50.7 Å². The number of benzene rings is 2. The molecule has 0 bridgehead atoms. The molecule has 0 saturated carbocycles. The third kappa shape index (κ3) is 2.98. The first-order valence-electron chi connectivity index (χ1n) is 6.25. The fraction of sp³-hybridized carbons (Fsp3) is 0.200. The summed E-state index contributed by atoms with van der Waals surface area (Å²) in [7, 11) is 0. The van der Waals surface area contributed by atoms with Crippen molar-refractivity contribution in [1.29, 1.82) is 0 Å². The molecule has 0 saturated heterocycles. The Balaban J connectivity index is 2.07. The maximum Gasteiger partial charge on any atom is 0.162 e. The van der Waals surface area contributed by atoms with Gasteiger partial charge in [0.2, 0.25) is 0 Å². The minimum absolute atomic E-state index is 0.489. The maximum atomic E-state index is 6.59. The van der Waals surface area contributed by atoms with E-state index in [1.807, 2.05) is 12.1 Å². The van der Waals surface area contributed by atoms with E-state index in [-0.39, 0.29) is 0 Å². The van der Waals surface area contributed by atoms with Crippen LogP contribution in [0.5, 0.6) is 11.5 Å². The van der Waals surface area contributed by atoms with Crippen LogP contribution in [0.2, 0.25) is 10.0 Å². The highest BCUT2D eigenvalue weighted by Crippen LogP contribution is 2.44. The van der Waals surface area contributed by atoms with Crippen molar-refractivity contribution in [3.8, 4) is 11.5 Å². The molecule has 1 unspecified atom stereocenters. The minimum Gasteiger partial charge on any atom is -0.486 e. The highest BCUT2D eigenvalue weighted by molar-refractivity contribution is 9.10. The van der Waals surface area contributed by atoms with E-state index in [0.717, 1.165) is 10.0 Å². The molecule has 2 nitrogen and oxygen atoms in total. The number of hydrogen-bond acceptors (Lipinski definition) is 2. The topological polar surface area (TPSA) is 18.5 Å². The van der Waals surface area contributed by atoms with E-state index in [2.05, 4.69) is 15.9 Å². The summed E-state index contributed by atoms with van der Waals surface area (Å²) < 4.78 is 12.0.